The maximum absolute atomic E-state index is 11.6. The number of nitrogens with zero attached hydrogens (tertiary/aromatic N) is 1. The number of aliphatic hydroxyl groups excluding tert-OH is 1. The molecule has 8 heteroatoms. The van der Waals surface area contributed by atoms with Crippen LogP contribution >= 0.6 is 0 Å². The second-order valence-corrected chi connectivity index (χ2v) is 6.17. The molecule has 1 saturated carbocycles. The predicted molar refractivity (Wildman–Crippen MR) is 86.5 cm³/mol. The van der Waals surface area contributed by atoms with Crippen molar-refractivity contribution in [1.82, 2.24) is 5.32 Å². The van der Waals surface area contributed by atoms with Crippen LogP contribution in [0.1, 0.15) is 40.0 Å². The van der Waals surface area contributed by atoms with E-state index in [1.807, 2.05) is 13.8 Å². The topological polar surface area (TPSA) is 151 Å². The molecule has 1 rings (SSSR count). The van der Waals surface area contributed by atoms with Crippen LogP contribution < -0.4 is 16.8 Å². The fraction of sp³-hybridized carbons (Fsp3) is 0.800. The van der Waals surface area contributed by atoms with E-state index in [4.69, 9.17) is 11.5 Å². The number of carbonyl (C=O) groups excluding carboxylic acids is 1. The summed E-state index contributed by atoms with van der Waals surface area (Å²) in [6.07, 6.45) is 0.612. The zero-order valence-electron chi connectivity index (χ0n) is 13.9. The SMILES string of the molecule is CCC(CC)C(NC(C)=O)[C@H]1[C@@H](O)[C@H](C(=O)O)C[C@@H]1N=C(N)N. The highest BCUT2D eigenvalue weighted by molar-refractivity contribution is 5.76. The van der Waals surface area contributed by atoms with E-state index in [9.17, 15) is 19.8 Å². The molecule has 0 spiro atoms. The molecule has 5 atom stereocenters. The molecular formula is C15H28N4O4. The van der Waals surface area contributed by atoms with Crippen LogP contribution in [0.5, 0.6) is 0 Å². The average Bonchev–Trinajstić information content (AvgIpc) is 2.74. The van der Waals surface area contributed by atoms with Gasteiger partial charge in [0.25, 0.3) is 0 Å². The third-order valence-corrected chi connectivity index (χ3v) is 4.72. The Balaban J connectivity index is 3.23. The van der Waals surface area contributed by atoms with Crippen LogP contribution in [-0.4, -0.2) is 46.2 Å². The Morgan fingerprint density at radius 2 is 1.87 bits per heavy atom. The number of rotatable bonds is 7. The van der Waals surface area contributed by atoms with Crippen molar-refractivity contribution in [2.45, 2.75) is 58.2 Å². The van der Waals surface area contributed by atoms with Gasteiger partial charge in [-0.25, -0.2) is 4.99 Å². The maximum Gasteiger partial charge on any atom is 0.309 e. The van der Waals surface area contributed by atoms with E-state index in [-0.39, 0.29) is 30.2 Å². The number of nitrogens with one attached hydrogen (secondary N) is 1. The standard InChI is InChI=1S/C15H28N4O4/c1-4-8(5-2)12(18-7(3)20)11-10(19-15(16)17)6-9(13(11)21)14(22)23/h8-13,21H,4-6H2,1-3H3,(H,18,20)(H,22,23)(H4,16,17,19)/t9-,10+,11+,12?,13+/m1/s1. The highest BCUT2D eigenvalue weighted by Gasteiger charge is 2.50. The van der Waals surface area contributed by atoms with Gasteiger partial charge >= 0.3 is 5.97 Å². The van der Waals surface area contributed by atoms with Crippen LogP contribution in [0.3, 0.4) is 0 Å². The highest BCUT2D eigenvalue weighted by Crippen LogP contribution is 2.39. The monoisotopic (exact) mass is 328 g/mol. The minimum absolute atomic E-state index is 0.0998. The number of carboxylic acid groups (broad SMARTS) is 1. The summed E-state index contributed by atoms with van der Waals surface area (Å²) in [4.78, 5) is 27.1. The molecule has 0 radical (unpaired) electrons. The molecule has 1 unspecified atom stereocenters. The minimum atomic E-state index is -1.11. The summed E-state index contributed by atoms with van der Waals surface area (Å²) < 4.78 is 0. The quantitative estimate of drug-likeness (QED) is 0.318. The van der Waals surface area contributed by atoms with E-state index < -0.39 is 30.0 Å². The molecule has 132 valence electrons. The number of carboxylic acids is 1. The third kappa shape index (κ3) is 4.57. The van der Waals surface area contributed by atoms with E-state index in [0.29, 0.717) is 0 Å². The summed E-state index contributed by atoms with van der Waals surface area (Å²) in [5.74, 6) is -2.84. The first-order valence-corrected chi connectivity index (χ1v) is 7.99. The molecule has 1 aliphatic carbocycles. The highest BCUT2D eigenvalue weighted by atomic mass is 16.4. The molecule has 1 fully saturated rings. The Kier molecular flexibility index (Phi) is 6.80. The van der Waals surface area contributed by atoms with Gasteiger partial charge in [-0.3, -0.25) is 9.59 Å². The molecular weight excluding hydrogens is 300 g/mol. The van der Waals surface area contributed by atoms with E-state index in [0.717, 1.165) is 12.8 Å². The molecule has 0 aromatic carbocycles. The van der Waals surface area contributed by atoms with Gasteiger partial charge in [0.05, 0.1) is 18.1 Å². The number of carbonyl (C=O) groups is 2. The van der Waals surface area contributed by atoms with E-state index in [2.05, 4.69) is 10.3 Å². The molecule has 0 aromatic rings. The fourth-order valence-electron chi connectivity index (χ4n) is 3.64. The van der Waals surface area contributed by atoms with Gasteiger partial charge in [-0.15, -0.1) is 0 Å². The molecule has 0 heterocycles. The van der Waals surface area contributed by atoms with Crippen molar-refractivity contribution < 1.29 is 19.8 Å². The first-order valence-electron chi connectivity index (χ1n) is 7.99. The lowest BCUT2D eigenvalue weighted by atomic mass is 9.80. The van der Waals surface area contributed by atoms with Crippen molar-refractivity contribution >= 4 is 17.8 Å². The zero-order chi connectivity index (χ0) is 17.7. The summed E-state index contributed by atoms with van der Waals surface area (Å²) >= 11 is 0. The maximum atomic E-state index is 11.6. The van der Waals surface area contributed by atoms with E-state index >= 15 is 0 Å². The lowest BCUT2D eigenvalue weighted by Gasteiger charge is -2.35. The summed E-state index contributed by atoms with van der Waals surface area (Å²) in [5.41, 5.74) is 10.9. The molecule has 7 N–H and O–H groups in total. The van der Waals surface area contributed by atoms with Gasteiger partial charge < -0.3 is 27.0 Å². The van der Waals surface area contributed by atoms with Crippen molar-refractivity contribution in [2.75, 3.05) is 0 Å². The first-order chi connectivity index (χ1) is 10.7. The lowest BCUT2D eigenvalue weighted by molar-refractivity contribution is -0.145. The summed E-state index contributed by atoms with van der Waals surface area (Å²) in [6.45, 7) is 5.39. The van der Waals surface area contributed by atoms with Crippen molar-refractivity contribution in [3.63, 3.8) is 0 Å². The molecule has 1 aliphatic rings. The van der Waals surface area contributed by atoms with Crippen molar-refractivity contribution in [2.24, 2.45) is 34.2 Å². The van der Waals surface area contributed by atoms with Crippen LogP contribution in [0.2, 0.25) is 0 Å². The summed E-state index contributed by atoms with van der Waals surface area (Å²) in [6, 6.07) is -0.913. The number of guanidine groups is 1. The predicted octanol–water partition coefficient (Wildman–Crippen LogP) is -0.349. The Morgan fingerprint density at radius 1 is 1.30 bits per heavy atom. The van der Waals surface area contributed by atoms with Gasteiger partial charge in [0.2, 0.25) is 5.91 Å². The number of hydrogen-bond donors (Lipinski definition) is 5. The van der Waals surface area contributed by atoms with Crippen molar-refractivity contribution in [3.05, 3.63) is 0 Å². The van der Waals surface area contributed by atoms with Crippen LogP contribution in [0.15, 0.2) is 4.99 Å². The Labute approximate surface area is 136 Å². The average molecular weight is 328 g/mol. The number of hydrogen-bond acceptors (Lipinski definition) is 4. The number of amides is 1. The second kappa shape index (κ2) is 8.14. The minimum Gasteiger partial charge on any atom is -0.481 e. The smallest absolute Gasteiger partial charge is 0.309 e. The molecule has 0 aromatic heterocycles. The number of nitrogens with two attached hydrogens (primary N) is 2. The van der Waals surface area contributed by atoms with Crippen LogP contribution in [0.4, 0.5) is 0 Å². The van der Waals surface area contributed by atoms with E-state index in [1.54, 1.807) is 0 Å². The largest absolute Gasteiger partial charge is 0.481 e. The molecule has 23 heavy (non-hydrogen) atoms. The number of aliphatic imine (C=N–C) groups is 1. The van der Waals surface area contributed by atoms with Gasteiger partial charge in [0.1, 0.15) is 0 Å². The molecule has 0 aliphatic heterocycles. The van der Waals surface area contributed by atoms with Gasteiger partial charge in [-0.1, -0.05) is 26.7 Å². The zero-order valence-corrected chi connectivity index (χ0v) is 13.9. The van der Waals surface area contributed by atoms with Crippen molar-refractivity contribution in [1.29, 1.82) is 0 Å². The Morgan fingerprint density at radius 3 is 2.26 bits per heavy atom. The normalized spacial score (nSPS) is 28.4. The summed E-state index contributed by atoms with van der Waals surface area (Å²) in [5, 5.41) is 22.7. The summed E-state index contributed by atoms with van der Waals surface area (Å²) in [7, 11) is 0. The lowest BCUT2D eigenvalue weighted by Crippen LogP contribution is -2.51. The molecule has 0 bridgehead atoms. The molecule has 0 saturated heterocycles. The Bertz CT molecular complexity index is 460. The van der Waals surface area contributed by atoms with Crippen LogP contribution in [-0.2, 0) is 9.59 Å². The fourth-order valence-corrected chi connectivity index (χ4v) is 3.64. The molecule has 8 nitrogen and oxygen atoms in total. The third-order valence-electron chi connectivity index (χ3n) is 4.72. The van der Waals surface area contributed by atoms with Gasteiger partial charge in [0.15, 0.2) is 5.96 Å². The first kappa shape index (κ1) is 19.2. The van der Waals surface area contributed by atoms with Crippen molar-refractivity contribution in [3.8, 4) is 0 Å². The molecule has 1 amide bonds. The van der Waals surface area contributed by atoms with E-state index in [1.165, 1.54) is 6.92 Å². The van der Waals surface area contributed by atoms with Crippen LogP contribution in [0, 0.1) is 17.8 Å². The Hall–Kier alpha value is -1.83. The van der Waals surface area contributed by atoms with Gasteiger partial charge in [-0.05, 0) is 12.3 Å². The van der Waals surface area contributed by atoms with Crippen LogP contribution in [0.25, 0.3) is 0 Å². The second-order valence-electron chi connectivity index (χ2n) is 6.17. The van der Waals surface area contributed by atoms with Gasteiger partial charge in [-0.2, -0.15) is 0 Å². The van der Waals surface area contributed by atoms with Gasteiger partial charge in [0, 0.05) is 18.9 Å². The number of aliphatic hydroxyl groups is 1. The number of aliphatic carboxylic acids is 1.